The molecule has 0 radical (unpaired) electrons. The Kier molecular flexibility index (Phi) is 3.15. The van der Waals surface area contributed by atoms with Crippen LogP contribution in [0, 0.1) is 6.92 Å². The number of hydrogen-bond acceptors (Lipinski definition) is 3. The number of rotatable bonds is 2. The van der Waals surface area contributed by atoms with Gasteiger partial charge in [-0.3, -0.25) is 4.90 Å². The lowest BCUT2D eigenvalue weighted by molar-refractivity contribution is 0.204. The van der Waals surface area contributed by atoms with E-state index in [0.717, 1.165) is 5.69 Å². The molecule has 1 fully saturated rings. The maximum absolute atomic E-state index is 5.70. The molecule has 16 heavy (non-hydrogen) atoms. The lowest BCUT2D eigenvalue weighted by Gasteiger charge is -2.29. The van der Waals surface area contributed by atoms with Crippen LogP contribution in [0.25, 0.3) is 0 Å². The quantitative estimate of drug-likeness (QED) is 0.831. The van der Waals surface area contributed by atoms with Crippen LogP contribution in [-0.4, -0.2) is 22.5 Å². The number of hydrogen-bond donors (Lipinski definition) is 1. The third-order valence-electron chi connectivity index (χ3n) is 3.46. The maximum Gasteiger partial charge on any atom is 0.123 e. The van der Waals surface area contributed by atoms with Gasteiger partial charge in [-0.1, -0.05) is 6.07 Å². The van der Waals surface area contributed by atoms with Crippen LogP contribution in [0.1, 0.15) is 44.0 Å². The molecule has 88 valence electrons. The third kappa shape index (κ3) is 2.05. The topological polar surface area (TPSA) is 42.1 Å². The average molecular weight is 219 g/mol. The molecule has 3 heteroatoms. The molecule has 2 rings (SSSR count). The van der Waals surface area contributed by atoms with Crippen molar-refractivity contribution in [3.05, 3.63) is 23.4 Å². The van der Waals surface area contributed by atoms with Gasteiger partial charge in [-0.05, 0) is 51.8 Å². The van der Waals surface area contributed by atoms with Crippen molar-refractivity contribution in [3.8, 4) is 0 Å². The highest BCUT2D eigenvalue weighted by atomic mass is 15.2. The molecule has 1 aliphatic heterocycles. The molecule has 0 bridgehead atoms. The normalized spacial score (nSPS) is 21.9. The molecule has 0 aromatic carbocycles. The van der Waals surface area contributed by atoms with E-state index in [0.29, 0.717) is 17.9 Å². The standard InChI is InChI=1S/C13H21N3/c1-9(2)16-8-4-5-12(16)11-6-7-13(14)15-10(11)3/h6-7,9,12H,4-5,8H2,1-3H3,(H2,14,15)/t12-/m0/s1. The van der Waals surface area contributed by atoms with E-state index in [1.165, 1.54) is 24.9 Å². The minimum absolute atomic E-state index is 0.535. The van der Waals surface area contributed by atoms with Gasteiger partial charge in [0.1, 0.15) is 5.82 Å². The number of nitrogens with zero attached hydrogens (tertiary/aromatic N) is 2. The Balaban J connectivity index is 2.29. The average Bonchev–Trinajstić information content (AvgIpc) is 2.66. The van der Waals surface area contributed by atoms with Crippen molar-refractivity contribution in [3.63, 3.8) is 0 Å². The summed E-state index contributed by atoms with van der Waals surface area (Å²) in [5.41, 5.74) is 8.12. The number of aromatic nitrogens is 1. The zero-order valence-corrected chi connectivity index (χ0v) is 10.4. The van der Waals surface area contributed by atoms with Gasteiger partial charge in [-0.2, -0.15) is 0 Å². The van der Waals surface area contributed by atoms with Crippen molar-refractivity contribution in [1.82, 2.24) is 9.88 Å². The monoisotopic (exact) mass is 219 g/mol. The first-order valence-electron chi connectivity index (χ1n) is 6.08. The Morgan fingerprint density at radius 3 is 2.81 bits per heavy atom. The summed E-state index contributed by atoms with van der Waals surface area (Å²) in [7, 11) is 0. The predicted molar refractivity (Wildman–Crippen MR) is 67.2 cm³/mol. The van der Waals surface area contributed by atoms with Crippen molar-refractivity contribution in [2.75, 3.05) is 12.3 Å². The first-order chi connectivity index (χ1) is 7.59. The van der Waals surface area contributed by atoms with Crippen molar-refractivity contribution >= 4 is 5.82 Å². The predicted octanol–water partition coefficient (Wildman–Crippen LogP) is 2.52. The van der Waals surface area contributed by atoms with Crippen molar-refractivity contribution in [1.29, 1.82) is 0 Å². The Bertz CT molecular complexity index is 373. The number of nitrogens with two attached hydrogens (primary N) is 1. The molecule has 1 atom stereocenters. The fourth-order valence-corrected chi connectivity index (χ4v) is 2.68. The summed E-state index contributed by atoms with van der Waals surface area (Å²) >= 11 is 0. The van der Waals surface area contributed by atoms with Crippen LogP contribution in [0.4, 0.5) is 5.82 Å². The highest BCUT2D eigenvalue weighted by Gasteiger charge is 2.28. The molecule has 1 aromatic heterocycles. The third-order valence-corrected chi connectivity index (χ3v) is 3.46. The van der Waals surface area contributed by atoms with E-state index in [1.807, 2.05) is 6.07 Å². The molecule has 0 aliphatic carbocycles. The first kappa shape index (κ1) is 11.4. The van der Waals surface area contributed by atoms with Crippen LogP contribution < -0.4 is 5.73 Å². The summed E-state index contributed by atoms with van der Waals surface area (Å²) in [6.45, 7) is 7.78. The fourth-order valence-electron chi connectivity index (χ4n) is 2.68. The van der Waals surface area contributed by atoms with Crippen molar-refractivity contribution in [2.45, 2.75) is 45.7 Å². The van der Waals surface area contributed by atoms with Gasteiger partial charge in [-0.25, -0.2) is 4.98 Å². The van der Waals surface area contributed by atoms with E-state index in [1.54, 1.807) is 0 Å². The Morgan fingerprint density at radius 1 is 1.44 bits per heavy atom. The molecule has 0 amide bonds. The largest absolute Gasteiger partial charge is 0.384 e. The number of anilines is 1. The summed E-state index contributed by atoms with van der Waals surface area (Å²) in [4.78, 5) is 6.92. The van der Waals surface area contributed by atoms with Gasteiger partial charge in [-0.15, -0.1) is 0 Å². The van der Waals surface area contributed by atoms with Crippen LogP contribution in [0.2, 0.25) is 0 Å². The van der Waals surface area contributed by atoms with Crippen LogP contribution >= 0.6 is 0 Å². The second-order valence-electron chi connectivity index (χ2n) is 4.90. The minimum atomic E-state index is 0.535. The van der Waals surface area contributed by atoms with Crippen LogP contribution in [0.5, 0.6) is 0 Å². The summed E-state index contributed by atoms with van der Waals surface area (Å²) in [5.74, 6) is 0.621. The number of nitrogen functional groups attached to an aromatic ring is 1. The molecule has 2 N–H and O–H groups in total. The van der Waals surface area contributed by atoms with Gasteiger partial charge in [0.15, 0.2) is 0 Å². The Morgan fingerprint density at radius 2 is 2.19 bits per heavy atom. The highest BCUT2D eigenvalue weighted by molar-refractivity contribution is 5.35. The summed E-state index contributed by atoms with van der Waals surface area (Å²) in [6.07, 6.45) is 2.53. The molecule has 1 aromatic rings. The van der Waals surface area contributed by atoms with Crippen LogP contribution in [-0.2, 0) is 0 Å². The molecule has 0 saturated carbocycles. The zero-order valence-electron chi connectivity index (χ0n) is 10.4. The highest BCUT2D eigenvalue weighted by Crippen LogP contribution is 2.34. The minimum Gasteiger partial charge on any atom is -0.384 e. The van der Waals surface area contributed by atoms with Gasteiger partial charge in [0.2, 0.25) is 0 Å². The van der Waals surface area contributed by atoms with E-state index < -0.39 is 0 Å². The maximum atomic E-state index is 5.70. The summed E-state index contributed by atoms with van der Waals surface area (Å²) in [6, 6.07) is 5.19. The number of likely N-dealkylation sites (tertiary alicyclic amines) is 1. The second kappa shape index (κ2) is 4.42. The van der Waals surface area contributed by atoms with E-state index in [9.17, 15) is 0 Å². The lowest BCUT2D eigenvalue weighted by atomic mass is 10.0. The molecule has 0 unspecified atom stereocenters. The van der Waals surface area contributed by atoms with Crippen molar-refractivity contribution in [2.24, 2.45) is 0 Å². The number of aryl methyl sites for hydroxylation is 1. The molecular weight excluding hydrogens is 198 g/mol. The first-order valence-corrected chi connectivity index (χ1v) is 6.08. The van der Waals surface area contributed by atoms with E-state index >= 15 is 0 Å². The van der Waals surface area contributed by atoms with Gasteiger partial charge >= 0.3 is 0 Å². The molecule has 0 spiro atoms. The second-order valence-corrected chi connectivity index (χ2v) is 4.90. The summed E-state index contributed by atoms with van der Waals surface area (Å²) < 4.78 is 0. The van der Waals surface area contributed by atoms with Gasteiger partial charge in [0.05, 0.1) is 0 Å². The lowest BCUT2D eigenvalue weighted by Crippen LogP contribution is -2.30. The summed E-state index contributed by atoms with van der Waals surface area (Å²) in [5, 5.41) is 0. The van der Waals surface area contributed by atoms with Gasteiger partial charge < -0.3 is 5.73 Å². The SMILES string of the molecule is Cc1nc(N)ccc1[C@@H]1CCCN1C(C)C. The van der Waals surface area contributed by atoms with E-state index in [-0.39, 0.29) is 0 Å². The molecule has 3 nitrogen and oxygen atoms in total. The molecule has 1 aliphatic rings. The van der Waals surface area contributed by atoms with Crippen molar-refractivity contribution < 1.29 is 0 Å². The molecular formula is C13H21N3. The smallest absolute Gasteiger partial charge is 0.123 e. The van der Waals surface area contributed by atoms with Crippen LogP contribution in [0.3, 0.4) is 0 Å². The molecule has 2 heterocycles. The van der Waals surface area contributed by atoms with Gasteiger partial charge in [0.25, 0.3) is 0 Å². The zero-order chi connectivity index (χ0) is 11.7. The van der Waals surface area contributed by atoms with E-state index in [2.05, 4.69) is 36.7 Å². The fraction of sp³-hybridized carbons (Fsp3) is 0.615. The van der Waals surface area contributed by atoms with Gasteiger partial charge in [0, 0.05) is 17.8 Å². The Labute approximate surface area is 97.7 Å². The number of pyridine rings is 1. The Hall–Kier alpha value is -1.09. The van der Waals surface area contributed by atoms with Crippen LogP contribution in [0.15, 0.2) is 12.1 Å². The molecule has 1 saturated heterocycles. The van der Waals surface area contributed by atoms with E-state index in [4.69, 9.17) is 5.73 Å².